The molecule has 1 aliphatic heterocycles. The van der Waals surface area contributed by atoms with Crippen LogP contribution in [0.25, 0.3) is 6.08 Å². The van der Waals surface area contributed by atoms with Crippen molar-refractivity contribution in [3.63, 3.8) is 0 Å². The van der Waals surface area contributed by atoms with E-state index >= 15 is 0 Å². The van der Waals surface area contributed by atoms with Crippen LogP contribution in [-0.2, 0) is 14.3 Å². The van der Waals surface area contributed by atoms with Gasteiger partial charge in [0.25, 0.3) is 5.56 Å². The van der Waals surface area contributed by atoms with E-state index in [1.165, 1.54) is 21.8 Å². The van der Waals surface area contributed by atoms with Crippen LogP contribution in [0.4, 0.5) is 0 Å². The van der Waals surface area contributed by atoms with Gasteiger partial charge in [-0.25, -0.2) is 4.79 Å². The highest BCUT2D eigenvalue weighted by molar-refractivity contribution is 9.11. The number of carbonyl (C=O) groups excluding carboxylic acids is 1. The molecular formula is C13H14BrClN2O6. The van der Waals surface area contributed by atoms with E-state index < -0.39 is 35.7 Å². The van der Waals surface area contributed by atoms with Crippen molar-refractivity contribution in [3.05, 3.63) is 37.6 Å². The molecule has 0 saturated carbocycles. The number of halogens is 2. The van der Waals surface area contributed by atoms with Gasteiger partial charge in [0, 0.05) is 12.6 Å². The molecule has 0 bridgehead atoms. The molecule has 126 valence electrons. The summed E-state index contributed by atoms with van der Waals surface area (Å²) in [6, 6.07) is 0. The monoisotopic (exact) mass is 408 g/mol. The van der Waals surface area contributed by atoms with Crippen molar-refractivity contribution in [2.24, 2.45) is 0 Å². The van der Waals surface area contributed by atoms with Crippen LogP contribution in [0.3, 0.4) is 0 Å². The highest BCUT2D eigenvalue weighted by Crippen LogP contribution is 2.29. The summed E-state index contributed by atoms with van der Waals surface area (Å²) in [4.78, 5) is 38.6. The number of ether oxygens (including phenoxy) is 2. The Morgan fingerprint density at radius 3 is 2.96 bits per heavy atom. The van der Waals surface area contributed by atoms with Crippen molar-refractivity contribution in [2.75, 3.05) is 12.5 Å². The standard InChI is InChI=1S/C13H14BrClN2O6/c14-2-1-7-5-17(13(21)16-12(7)20)10-3-8(9(6-18)22-10)23-11(19)4-15/h1-2,5,8-10,18H,3-4,6H2,(H,16,20,21)/b2-1+/t8-,9+,10+/m0/s1. The third-order valence-corrected chi connectivity index (χ3v) is 3.78. The Labute approximate surface area is 143 Å². The van der Waals surface area contributed by atoms with Crippen molar-refractivity contribution in [2.45, 2.75) is 24.9 Å². The molecule has 8 nitrogen and oxygen atoms in total. The third-order valence-electron chi connectivity index (χ3n) is 3.30. The minimum absolute atomic E-state index is 0.150. The second kappa shape index (κ2) is 7.91. The van der Waals surface area contributed by atoms with E-state index in [4.69, 9.17) is 21.1 Å². The fraction of sp³-hybridized carbons (Fsp3) is 0.462. The summed E-state index contributed by atoms with van der Waals surface area (Å²) in [5.41, 5.74) is -0.955. The molecule has 0 radical (unpaired) electrons. The van der Waals surface area contributed by atoms with Crippen molar-refractivity contribution < 1.29 is 19.4 Å². The van der Waals surface area contributed by atoms with E-state index in [0.717, 1.165) is 0 Å². The summed E-state index contributed by atoms with van der Waals surface area (Å²) < 4.78 is 11.8. The van der Waals surface area contributed by atoms with Gasteiger partial charge >= 0.3 is 11.7 Å². The normalized spacial score (nSPS) is 24.2. The lowest BCUT2D eigenvalue weighted by molar-refractivity contribution is -0.150. The lowest BCUT2D eigenvalue weighted by atomic mass is 10.2. The van der Waals surface area contributed by atoms with E-state index in [9.17, 15) is 19.5 Å². The molecule has 1 aromatic rings. The molecule has 0 spiro atoms. The number of carbonyl (C=O) groups is 1. The summed E-state index contributed by atoms with van der Waals surface area (Å²) in [5, 5.41) is 9.33. The van der Waals surface area contributed by atoms with Gasteiger partial charge in [0.1, 0.15) is 24.3 Å². The van der Waals surface area contributed by atoms with Gasteiger partial charge in [-0.1, -0.05) is 15.9 Å². The van der Waals surface area contributed by atoms with E-state index in [-0.39, 0.29) is 24.5 Å². The van der Waals surface area contributed by atoms with Crippen LogP contribution >= 0.6 is 27.5 Å². The summed E-state index contributed by atoms with van der Waals surface area (Å²) in [6.45, 7) is -0.386. The topological polar surface area (TPSA) is 111 Å². The average molecular weight is 410 g/mol. The first kappa shape index (κ1) is 17.9. The summed E-state index contributed by atoms with van der Waals surface area (Å²) in [7, 11) is 0. The Morgan fingerprint density at radius 1 is 1.61 bits per heavy atom. The Hall–Kier alpha value is -1.42. The minimum Gasteiger partial charge on any atom is -0.458 e. The van der Waals surface area contributed by atoms with E-state index in [1.807, 2.05) is 0 Å². The molecular weight excluding hydrogens is 396 g/mol. The van der Waals surface area contributed by atoms with Gasteiger partial charge in [-0.05, 0) is 11.1 Å². The van der Waals surface area contributed by atoms with Gasteiger partial charge in [-0.3, -0.25) is 19.1 Å². The van der Waals surface area contributed by atoms with Crippen LogP contribution in [-0.4, -0.2) is 45.3 Å². The molecule has 3 atom stereocenters. The highest BCUT2D eigenvalue weighted by Gasteiger charge is 2.38. The van der Waals surface area contributed by atoms with Gasteiger partial charge in [0.05, 0.1) is 12.2 Å². The number of hydrogen-bond acceptors (Lipinski definition) is 6. The molecule has 0 aromatic carbocycles. The number of hydrogen-bond donors (Lipinski definition) is 2. The van der Waals surface area contributed by atoms with Crippen LogP contribution in [0.1, 0.15) is 18.2 Å². The van der Waals surface area contributed by atoms with Gasteiger partial charge in [0.2, 0.25) is 0 Å². The predicted octanol–water partition coefficient (Wildman–Crippen LogP) is 0.333. The van der Waals surface area contributed by atoms with E-state index in [2.05, 4.69) is 20.9 Å². The largest absolute Gasteiger partial charge is 0.458 e. The maximum Gasteiger partial charge on any atom is 0.330 e. The zero-order chi connectivity index (χ0) is 17.0. The number of nitrogens with one attached hydrogen (secondary N) is 1. The van der Waals surface area contributed by atoms with E-state index in [0.29, 0.717) is 0 Å². The molecule has 0 amide bonds. The Bertz CT molecular complexity index is 715. The number of aliphatic hydroxyl groups excluding tert-OH is 1. The molecule has 2 heterocycles. The maximum atomic E-state index is 12.0. The maximum absolute atomic E-state index is 12.0. The van der Waals surface area contributed by atoms with Crippen LogP contribution < -0.4 is 11.2 Å². The van der Waals surface area contributed by atoms with Gasteiger partial charge < -0.3 is 14.6 Å². The Kier molecular flexibility index (Phi) is 6.17. The highest BCUT2D eigenvalue weighted by atomic mass is 79.9. The molecule has 1 fully saturated rings. The number of aromatic amines is 1. The van der Waals surface area contributed by atoms with Crippen LogP contribution in [0.5, 0.6) is 0 Å². The van der Waals surface area contributed by atoms with E-state index in [1.54, 1.807) is 0 Å². The molecule has 0 unspecified atom stereocenters. The summed E-state index contributed by atoms with van der Waals surface area (Å²) in [6.07, 6.45) is 0.665. The molecule has 2 N–H and O–H groups in total. The summed E-state index contributed by atoms with van der Waals surface area (Å²) >= 11 is 8.45. The molecule has 1 aromatic heterocycles. The zero-order valence-corrected chi connectivity index (χ0v) is 14.1. The molecule has 23 heavy (non-hydrogen) atoms. The fourth-order valence-electron chi connectivity index (χ4n) is 2.26. The van der Waals surface area contributed by atoms with Gasteiger partial charge in [0.15, 0.2) is 0 Å². The second-order valence-corrected chi connectivity index (χ2v) is 5.55. The van der Waals surface area contributed by atoms with Crippen LogP contribution in [0, 0.1) is 0 Å². The number of nitrogens with zero attached hydrogens (tertiary/aromatic N) is 1. The number of rotatable bonds is 5. The minimum atomic E-state index is -0.785. The predicted molar refractivity (Wildman–Crippen MR) is 85.5 cm³/mol. The SMILES string of the molecule is O=C(CCl)O[C@H]1C[C@H](n2cc(/C=C/Br)c(=O)[nH]c2=O)O[C@@H]1CO. The van der Waals surface area contributed by atoms with Gasteiger partial charge in [-0.15, -0.1) is 11.6 Å². The Morgan fingerprint density at radius 2 is 2.35 bits per heavy atom. The number of H-pyrrole nitrogens is 1. The number of esters is 1. The molecule has 1 saturated heterocycles. The number of aromatic nitrogens is 2. The van der Waals surface area contributed by atoms with Crippen molar-refractivity contribution in [1.82, 2.24) is 9.55 Å². The lowest BCUT2D eigenvalue weighted by Crippen LogP contribution is -2.33. The second-order valence-electron chi connectivity index (χ2n) is 4.75. The van der Waals surface area contributed by atoms with Crippen molar-refractivity contribution in [3.8, 4) is 0 Å². The van der Waals surface area contributed by atoms with Crippen LogP contribution in [0.2, 0.25) is 0 Å². The fourth-order valence-corrected chi connectivity index (χ4v) is 2.61. The average Bonchev–Trinajstić information content (AvgIpc) is 2.92. The first-order chi connectivity index (χ1) is 11.0. The number of alkyl halides is 1. The van der Waals surface area contributed by atoms with Gasteiger partial charge in [-0.2, -0.15) is 0 Å². The molecule has 2 rings (SSSR count). The van der Waals surface area contributed by atoms with Crippen molar-refractivity contribution in [1.29, 1.82) is 0 Å². The summed E-state index contributed by atoms with van der Waals surface area (Å²) in [5.74, 6) is -0.964. The molecule has 1 aliphatic rings. The third kappa shape index (κ3) is 4.11. The molecule has 0 aliphatic carbocycles. The first-order valence-corrected chi connectivity index (χ1v) is 8.09. The smallest absolute Gasteiger partial charge is 0.330 e. The van der Waals surface area contributed by atoms with Crippen molar-refractivity contribution >= 4 is 39.6 Å². The van der Waals surface area contributed by atoms with Crippen LogP contribution in [0.15, 0.2) is 20.8 Å². The zero-order valence-electron chi connectivity index (χ0n) is 11.8. The molecule has 10 heteroatoms. The lowest BCUT2D eigenvalue weighted by Gasteiger charge is -2.15. The quantitative estimate of drug-likeness (QED) is 0.536. The Balaban J connectivity index is 2.29. The number of aliphatic hydroxyl groups is 1. The first-order valence-electron chi connectivity index (χ1n) is 6.64.